The van der Waals surface area contributed by atoms with E-state index in [9.17, 15) is 24.3 Å². The smallest absolute Gasteiger partial charge is 0.352 e. The maximum Gasteiger partial charge on any atom is 0.352 e. The maximum absolute atomic E-state index is 12.1. The number of alkyl halides is 1. The van der Waals surface area contributed by atoms with E-state index in [1.54, 1.807) is 0 Å². The molecule has 0 spiro atoms. The van der Waals surface area contributed by atoms with Gasteiger partial charge in [-0.15, -0.1) is 23.4 Å². The number of ether oxygens (including phenoxy) is 1. The third-order valence-corrected chi connectivity index (χ3v) is 4.72. The number of hydrogen-bond acceptors (Lipinski definition) is 6. The average molecular weight is 349 g/mol. The zero-order valence-electron chi connectivity index (χ0n) is 11.5. The monoisotopic (exact) mass is 348 g/mol. The fourth-order valence-corrected chi connectivity index (χ4v) is 3.60. The molecule has 2 aliphatic heterocycles. The zero-order valence-corrected chi connectivity index (χ0v) is 13.1. The number of hydrogen-bond donors (Lipinski definition) is 2. The van der Waals surface area contributed by atoms with Gasteiger partial charge in [0.2, 0.25) is 5.91 Å². The molecule has 2 aliphatic rings. The van der Waals surface area contributed by atoms with E-state index in [4.69, 9.17) is 16.3 Å². The highest BCUT2D eigenvalue weighted by Gasteiger charge is 2.54. The third kappa shape index (κ3) is 3.05. The zero-order chi connectivity index (χ0) is 16.4. The van der Waals surface area contributed by atoms with Crippen LogP contribution < -0.4 is 5.32 Å². The van der Waals surface area contributed by atoms with Crippen LogP contribution >= 0.6 is 23.4 Å². The van der Waals surface area contributed by atoms with Gasteiger partial charge in [0.25, 0.3) is 5.91 Å². The van der Waals surface area contributed by atoms with Crippen molar-refractivity contribution in [2.75, 3.05) is 18.2 Å². The van der Waals surface area contributed by atoms with Gasteiger partial charge in [-0.3, -0.25) is 19.3 Å². The molecule has 8 nitrogen and oxygen atoms in total. The summed E-state index contributed by atoms with van der Waals surface area (Å²) in [5, 5.41) is 11.3. The Bertz CT molecular complexity index is 578. The van der Waals surface area contributed by atoms with Gasteiger partial charge in [-0.25, -0.2) is 4.79 Å². The van der Waals surface area contributed by atoms with Crippen LogP contribution in [0.3, 0.4) is 0 Å². The van der Waals surface area contributed by atoms with Crippen molar-refractivity contribution in [1.29, 1.82) is 0 Å². The first-order chi connectivity index (χ1) is 10.4. The lowest BCUT2D eigenvalue weighted by atomic mass is 10.0. The second-order valence-corrected chi connectivity index (χ2v) is 6.00. The Morgan fingerprint density at radius 1 is 1.50 bits per heavy atom. The van der Waals surface area contributed by atoms with E-state index < -0.39 is 35.2 Å². The van der Waals surface area contributed by atoms with Gasteiger partial charge in [-0.2, -0.15) is 0 Å². The lowest BCUT2D eigenvalue weighted by Gasteiger charge is -2.49. The minimum absolute atomic E-state index is 0.181. The number of nitrogens with one attached hydrogen (secondary N) is 1. The van der Waals surface area contributed by atoms with Crippen LogP contribution in [0.1, 0.15) is 6.92 Å². The molecule has 10 heteroatoms. The Labute approximate surface area is 134 Å². The minimum atomic E-state index is -1.28. The Hall–Kier alpha value is -1.74. The van der Waals surface area contributed by atoms with E-state index in [-0.39, 0.29) is 23.9 Å². The summed E-state index contributed by atoms with van der Waals surface area (Å²) in [6.07, 6.45) is 0. The van der Waals surface area contributed by atoms with E-state index in [1.807, 2.05) is 0 Å². The molecule has 2 rings (SSSR count). The fourth-order valence-electron chi connectivity index (χ4n) is 2.20. The number of aliphatic carboxylic acids is 1. The number of esters is 1. The topological polar surface area (TPSA) is 113 Å². The van der Waals surface area contributed by atoms with Crippen molar-refractivity contribution in [2.45, 2.75) is 18.3 Å². The van der Waals surface area contributed by atoms with Crippen LogP contribution in [-0.4, -0.2) is 63.4 Å². The Kier molecular flexibility index (Phi) is 4.97. The second-order valence-electron chi connectivity index (χ2n) is 4.63. The molecule has 0 bridgehead atoms. The van der Waals surface area contributed by atoms with Gasteiger partial charge in [0.1, 0.15) is 29.6 Å². The quantitative estimate of drug-likeness (QED) is 0.392. The molecular formula is C12H13ClN2O6S. The molecule has 120 valence electrons. The van der Waals surface area contributed by atoms with Crippen molar-refractivity contribution in [3.8, 4) is 0 Å². The van der Waals surface area contributed by atoms with Gasteiger partial charge in [0.05, 0.1) is 0 Å². The van der Waals surface area contributed by atoms with E-state index in [0.717, 1.165) is 4.90 Å². The maximum atomic E-state index is 12.1. The van der Waals surface area contributed by atoms with Gasteiger partial charge in [-0.1, -0.05) is 0 Å². The van der Waals surface area contributed by atoms with Crippen LogP contribution in [0.25, 0.3) is 0 Å². The number of carboxylic acid groups (broad SMARTS) is 1. The first-order valence-corrected chi connectivity index (χ1v) is 7.83. The summed E-state index contributed by atoms with van der Waals surface area (Å²) >= 11 is 6.67. The van der Waals surface area contributed by atoms with Gasteiger partial charge in [0.15, 0.2) is 0 Å². The summed E-state index contributed by atoms with van der Waals surface area (Å²) in [4.78, 5) is 46.8. The summed E-state index contributed by atoms with van der Waals surface area (Å²) in [5.41, 5.74) is 0.158. The number of amides is 2. The summed E-state index contributed by atoms with van der Waals surface area (Å²) in [5.74, 6) is -2.81. The molecule has 0 aromatic carbocycles. The van der Waals surface area contributed by atoms with Crippen LogP contribution in [0.4, 0.5) is 0 Å². The first-order valence-electron chi connectivity index (χ1n) is 6.25. The van der Waals surface area contributed by atoms with Crippen molar-refractivity contribution >= 4 is 47.1 Å². The van der Waals surface area contributed by atoms with Crippen molar-refractivity contribution in [2.24, 2.45) is 0 Å². The van der Waals surface area contributed by atoms with E-state index in [0.29, 0.717) is 5.57 Å². The fraction of sp³-hybridized carbons (Fsp3) is 0.500. The summed E-state index contributed by atoms with van der Waals surface area (Å²) < 4.78 is 4.81. The van der Waals surface area contributed by atoms with Crippen LogP contribution in [-0.2, 0) is 23.9 Å². The van der Waals surface area contributed by atoms with Crippen LogP contribution in [0.5, 0.6) is 0 Å². The van der Waals surface area contributed by atoms with E-state index in [1.165, 1.54) is 18.7 Å². The summed E-state index contributed by atoms with van der Waals surface area (Å²) in [6, 6.07) is -0.791. The van der Waals surface area contributed by atoms with Crippen LogP contribution in [0, 0.1) is 0 Å². The molecule has 1 fully saturated rings. The van der Waals surface area contributed by atoms with E-state index >= 15 is 0 Å². The Morgan fingerprint density at radius 2 is 2.18 bits per heavy atom. The highest BCUT2D eigenvalue weighted by molar-refractivity contribution is 8.00. The Morgan fingerprint density at radius 3 is 2.73 bits per heavy atom. The lowest BCUT2D eigenvalue weighted by molar-refractivity contribution is -0.150. The predicted molar refractivity (Wildman–Crippen MR) is 77.0 cm³/mol. The van der Waals surface area contributed by atoms with Crippen LogP contribution in [0.2, 0.25) is 0 Å². The molecule has 0 aliphatic carbocycles. The van der Waals surface area contributed by atoms with Gasteiger partial charge in [-0.05, 0) is 0 Å². The number of thioether (sulfide) groups is 1. The van der Waals surface area contributed by atoms with Gasteiger partial charge >= 0.3 is 11.9 Å². The van der Waals surface area contributed by atoms with Crippen molar-refractivity contribution in [3.63, 3.8) is 0 Å². The molecule has 2 amide bonds. The predicted octanol–water partition coefficient (Wildman–Crippen LogP) is -0.473. The van der Waals surface area contributed by atoms with Crippen LogP contribution in [0.15, 0.2) is 11.3 Å². The SMILES string of the molecule is CC(=O)OCC1=C(C(=O)O)N2C(=O)[C@@H](NC(=O)CCl)[C@@H]2SC1. The Balaban J connectivity index is 2.19. The number of halogens is 1. The number of β-lactam (4-membered cyclic amide) rings is 1. The van der Waals surface area contributed by atoms with E-state index in [2.05, 4.69) is 5.32 Å². The van der Waals surface area contributed by atoms with Crippen molar-refractivity contribution in [1.82, 2.24) is 10.2 Å². The molecule has 2 atom stereocenters. The molecule has 2 heterocycles. The van der Waals surface area contributed by atoms with Crippen molar-refractivity contribution < 1.29 is 29.0 Å². The molecular weight excluding hydrogens is 336 g/mol. The molecule has 0 saturated carbocycles. The highest BCUT2D eigenvalue weighted by atomic mass is 35.5. The number of carbonyl (C=O) groups is 4. The van der Waals surface area contributed by atoms with Gasteiger partial charge in [0, 0.05) is 18.2 Å². The first kappa shape index (κ1) is 16.6. The standard InChI is InChI=1S/C12H13ClN2O6S/c1-5(16)21-3-6-4-22-11-8(14-7(17)2-13)10(18)15(11)9(6)12(19)20/h8,11H,2-4H2,1H3,(H,14,17)(H,19,20)/t8-,11+/m1/s1. The lowest BCUT2D eigenvalue weighted by Crippen LogP contribution is -2.70. The molecule has 0 unspecified atom stereocenters. The molecule has 0 aromatic heterocycles. The van der Waals surface area contributed by atoms with Gasteiger partial charge < -0.3 is 15.2 Å². The molecule has 0 aromatic rings. The highest BCUT2D eigenvalue weighted by Crippen LogP contribution is 2.40. The summed E-state index contributed by atoms with van der Waals surface area (Å²) in [6.45, 7) is 1.03. The third-order valence-electron chi connectivity index (χ3n) is 3.14. The molecule has 0 radical (unpaired) electrons. The average Bonchev–Trinajstić information content (AvgIpc) is 2.48. The van der Waals surface area contributed by atoms with Crippen molar-refractivity contribution in [3.05, 3.63) is 11.3 Å². The number of carbonyl (C=O) groups excluding carboxylic acids is 3. The molecule has 22 heavy (non-hydrogen) atoms. The molecule has 2 N–H and O–H groups in total. The number of rotatable bonds is 5. The largest absolute Gasteiger partial charge is 0.477 e. The minimum Gasteiger partial charge on any atom is -0.477 e. The second kappa shape index (κ2) is 6.57. The molecule has 1 saturated heterocycles. The number of nitrogens with zero attached hydrogens (tertiary/aromatic N) is 1. The number of fused-ring (bicyclic) bond motifs is 1. The number of carboxylic acids is 1. The normalized spacial score (nSPS) is 23.5. The summed E-state index contributed by atoms with van der Waals surface area (Å²) in [7, 11) is 0.